The molecule has 0 bridgehead atoms. The molecule has 0 aliphatic heterocycles. The fraction of sp³-hybridized carbons (Fsp3) is 0.660. The highest BCUT2D eigenvalue weighted by Gasteiger charge is 2.12. The first-order valence-corrected chi connectivity index (χ1v) is 21.2. The second-order valence-corrected chi connectivity index (χ2v) is 14.5. The summed E-state index contributed by atoms with van der Waals surface area (Å²) in [5.41, 5.74) is 8.52. The standard InChI is InChI=1S/C47H76N2/c1-6-11-14-16-17-18-19-20-21-22-23-24-25-26-27-28-29-32-43-33-31-34-44(40-43)48-47(36-30-15-12-7-2)46(35-13-8-3)49-45-38-41(9-4)37-42(10-5)39-45/h29,31-34,37-40H,6-28,30,35-36H2,1-5H3/b32-29+,48-47?,49-46?. The lowest BCUT2D eigenvalue weighted by atomic mass is 10.0. The number of unbranched alkanes of at least 4 members (excludes halogenated alkanes) is 19. The van der Waals surface area contributed by atoms with Crippen LogP contribution in [0, 0.1) is 0 Å². The zero-order valence-corrected chi connectivity index (χ0v) is 33.0. The third-order valence-electron chi connectivity index (χ3n) is 9.90. The maximum absolute atomic E-state index is 5.33. The Labute approximate surface area is 304 Å². The van der Waals surface area contributed by atoms with Gasteiger partial charge in [-0.25, -0.2) is 0 Å². The smallest absolute Gasteiger partial charge is 0.0639 e. The summed E-state index contributed by atoms with van der Waals surface area (Å²) < 4.78 is 0. The predicted octanol–water partition coefficient (Wildman–Crippen LogP) is 16.1. The summed E-state index contributed by atoms with van der Waals surface area (Å²) >= 11 is 0. The highest BCUT2D eigenvalue weighted by molar-refractivity contribution is 6.43. The van der Waals surface area contributed by atoms with Crippen LogP contribution in [0.15, 0.2) is 58.5 Å². The van der Waals surface area contributed by atoms with Gasteiger partial charge in [-0.1, -0.05) is 181 Å². The van der Waals surface area contributed by atoms with Gasteiger partial charge >= 0.3 is 0 Å². The van der Waals surface area contributed by atoms with E-state index in [1.165, 1.54) is 157 Å². The van der Waals surface area contributed by atoms with Gasteiger partial charge in [0.1, 0.15) is 0 Å². The quantitative estimate of drug-likeness (QED) is 0.0585. The van der Waals surface area contributed by atoms with Crippen molar-refractivity contribution < 1.29 is 0 Å². The van der Waals surface area contributed by atoms with Crippen LogP contribution in [0.1, 0.15) is 205 Å². The molecule has 49 heavy (non-hydrogen) atoms. The molecule has 0 atom stereocenters. The Morgan fingerprint density at radius 3 is 1.47 bits per heavy atom. The number of benzene rings is 2. The van der Waals surface area contributed by atoms with Gasteiger partial charge in [0.25, 0.3) is 0 Å². The van der Waals surface area contributed by atoms with E-state index in [1.54, 1.807) is 0 Å². The number of aryl methyl sites for hydroxylation is 2. The Bertz CT molecular complexity index is 1160. The van der Waals surface area contributed by atoms with Crippen LogP contribution in [-0.4, -0.2) is 11.4 Å². The molecule has 0 amide bonds. The van der Waals surface area contributed by atoms with Gasteiger partial charge in [0.05, 0.1) is 22.8 Å². The van der Waals surface area contributed by atoms with Gasteiger partial charge in [0, 0.05) is 0 Å². The lowest BCUT2D eigenvalue weighted by Gasteiger charge is -2.13. The van der Waals surface area contributed by atoms with Crippen molar-refractivity contribution >= 4 is 28.9 Å². The second-order valence-electron chi connectivity index (χ2n) is 14.5. The normalized spacial score (nSPS) is 12.4. The maximum atomic E-state index is 5.33. The summed E-state index contributed by atoms with van der Waals surface area (Å²) in [6.45, 7) is 11.3. The lowest BCUT2D eigenvalue weighted by molar-refractivity contribution is 0.533. The molecule has 2 aromatic rings. The molecule has 0 N–H and O–H groups in total. The molecule has 0 fully saturated rings. The maximum Gasteiger partial charge on any atom is 0.0639 e. The van der Waals surface area contributed by atoms with Gasteiger partial charge in [0.2, 0.25) is 0 Å². The van der Waals surface area contributed by atoms with Gasteiger partial charge in [0.15, 0.2) is 0 Å². The topological polar surface area (TPSA) is 24.7 Å². The molecule has 274 valence electrons. The van der Waals surface area contributed by atoms with Crippen LogP contribution in [0.2, 0.25) is 0 Å². The molecular weight excluding hydrogens is 593 g/mol. The molecule has 2 rings (SSSR count). The van der Waals surface area contributed by atoms with Gasteiger partial charge in [-0.3, -0.25) is 9.98 Å². The summed E-state index contributed by atoms with van der Waals surface area (Å²) in [5.74, 6) is 0. The number of hydrogen-bond donors (Lipinski definition) is 0. The van der Waals surface area contributed by atoms with E-state index in [-0.39, 0.29) is 0 Å². The summed E-state index contributed by atoms with van der Waals surface area (Å²) in [5, 5.41) is 0. The fourth-order valence-corrected chi connectivity index (χ4v) is 6.67. The van der Waals surface area contributed by atoms with Crippen molar-refractivity contribution in [2.45, 2.75) is 202 Å². The van der Waals surface area contributed by atoms with Crippen molar-refractivity contribution in [2.24, 2.45) is 9.98 Å². The molecular formula is C47H76N2. The van der Waals surface area contributed by atoms with E-state index in [2.05, 4.69) is 89.2 Å². The minimum absolute atomic E-state index is 0.986. The predicted molar refractivity (Wildman–Crippen MR) is 223 cm³/mol. The summed E-state index contributed by atoms with van der Waals surface area (Å²) in [6.07, 6.45) is 38.4. The van der Waals surface area contributed by atoms with Crippen molar-refractivity contribution in [3.8, 4) is 0 Å². The Balaban J connectivity index is 1.92. The van der Waals surface area contributed by atoms with Gasteiger partial charge in [-0.2, -0.15) is 0 Å². The van der Waals surface area contributed by atoms with Crippen molar-refractivity contribution in [1.82, 2.24) is 0 Å². The van der Waals surface area contributed by atoms with E-state index in [0.717, 1.165) is 49.9 Å². The van der Waals surface area contributed by atoms with E-state index >= 15 is 0 Å². The monoisotopic (exact) mass is 669 g/mol. The molecule has 0 saturated carbocycles. The van der Waals surface area contributed by atoms with E-state index in [1.807, 2.05) is 0 Å². The van der Waals surface area contributed by atoms with Crippen molar-refractivity contribution in [1.29, 1.82) is 0 Å². The summed E-state index contributed by atoms with van der Waals surface area (Å²) in [6, 6.07) is 15.7. The molecule has 0 spiro atoms. The molecule has 0 aliphatic rings. The number of hydrogen-bond acceptors (Lipinski definition) is 2. The average Bonchev–Trinajstić information content (AvgIpc) is 3.12. The molecule has 2 aromatic carbocycles. The summed E-state index contributed by atoms with van der Waals surface area (Å²) in [4.78, 5) is 10.7. The van der Waals surface area contributed by atoms with Crippen LogP contribution >= 0.6 is 0 Å². The van der Waals surface area contributed by atoms with Crippen molar-refractivity contribution in [3.63, 3.8) is 0 Å². The minimum atomic E-state index is 0.986. The molecule has 0 aromatic heterocycles. The van der Waals surface area contributed by atoms with Crippen molar-refractivity contribution in [3.05, 3.63) is 65.2 Å². The van der Waals surface area contributed by atoms with Crippen LogP contribution in [0.25, 0.3) is 6.08 Å². The Morgan fingerprint density at radius 2 is 0.939 bits per heavy atom. The summed E-state index contributed by atoms with van der Waals surface area (Å²) in [7, 11) is 0. The van der Waals surface area contributed by atoms with Crippen LogP contribution in [0.4, 0.5) is 11.4 Å². The number of rotatable bonds is 30. The Kier molecular flexibility index (Phi) is 25.5. The second kappa shape index (κ2) is 29.3. The largest absolute Gasteiger partial charge is 0.252 e. The Hall–Kier alpha value is -2.48. The highest BCUT2D eigenvalue weighted by Crippen LogP contribution is 2.24. The number of nitrogens with zero attached hydrogens (tertiary/aromatic N) is 2. The molecule has 2 heteroatoms. The molecule has 0 unspecified atom stereocenters. The Morgan fingerprint density at radius 1 is 0.469 bits per heavy atom. The van der Waals surface area contributed by atoms with Gasteiger partial charge in [-0.15, -0.1) is 0 Å². The first-order valence-electron chi connectivity index (χ1n) is 21.2. The fourth-order valence-electron chi connectivity index (χ4n) is 6.67. The van der Waals surface area contributed by atoms with E-state index in [9.17, 15) is 0 Å². The third-order valence-corrected chi connectivity index (χ3v) is 9.90. The van der Waals surface area contributed by atoms with Crippen LogP contribution in [0.5, 0.6) is 0 Å². The SMILES string of the molecule is CCCCCCCCCCCCCCCCC/C=C/c1cccc(N=C(CCCCCC)C(CCCC)=Nc2cc(CC)cc(CC)c2)c1. The van der Waals surface area contributed by atoms with Crippen LogP contribution in [-0.2, 0) is 12.8 Å². The zero-order chi connectivity index (χ0) is 35.2. The number of aliphatic imine (C=N–C) groups is 2. The molecule has 0 heterocycles. The first-order chi connectivity index (χ1) is 24.1. The highest BCUT2D eigenvalue weighted by atomic mass is 14.8. The molecule has 0 radical (unpaired) electrons. The molecule has 2 nitrogen and oxygen atoms in total. The van der Waals surface area contributed by atoms with E-state index in [4.69, 9.17) is 9.98 Å². The minimum Gasteiger partial charge on any atom is -0.252 e. The molecule has 0 aliphatic carbocycles. The average molecular weight is 669 g/mol. The van der Waals surface area contributed by atoms with E-state index < -0.39 is 0 Å². The third kappa shape index (κ3) is 20.7. The van der Waals surface area contributed by atoms with Crippen LogP contribution in [0.3, 0.4) is 0 Å². The van der Waals surface area contributed by atoms with Gasteiger partial charge < -0.3 is 0 Å². The molecule has 0 saturated heterocycles. The van der Waals surface area contributed by atoms with Crippen LogP contribution < -0.4 is 0 Å². The van der Waals surface area contributed by atoms with Gasteiger partial charge in [-0.05, 0) is 92.3 Å². The first kappa shape index (κ1) is 42.7. The zero-order valence-electron chi connectivity index (χ0n) is 33.0. The lowest BCUT2D eigenvalue weighted by Crippen LogP contribution is -2.14. The number of allylic oxidation sites excluding steroid dienone is 1. The van der Waals surface area contributed by atoms with Crippen molar-refractivity contribution in [2.75, 3.05) is 0 Å². The van der Waals surface area contributed by atoms with E-state index in [0.29, 0.717) is 0 Å².